The van der Waals surface area contributed by atoms with E-state index in [4.69, 9.17) is 0 Å². The minimum Gasteiger partial charge on any atom is -0.347 e. The van der Waals surface area contributed by atoms with E-state index >= 15 is 0 Å². The third-order valence-corrected chi connectivity index (χ3v) is 7.47. The first-order chi connectivity index (χ1) is 7.97. The standard InChI is InChI=1S/C10H8Br3NOS2/c1-16-9-6-5(14-10(9)17(2)15)3-4(11)7(12)8(6)13/h3,14H,1-2H3/t17-/m1/s1. The minimum atomic E-state index is -1.02. The number of fused-ring (bicyclic) bond motifs is 1. The van der Waals surface area contributed by atoms with Gasteiger partial charge in [-0.05, 0) is 60.1 Å². The lowest BCUT2D eigenvalue weighted by molar-refractivity contribution is 0.683. The van der Waals surface area contributed by atoms with E-state index in [0.29, 0.717) is 0 Å². The van der Waals surface area contributed by atoms with Crippen LogP contribution in [-0.4, -0.2) is 21.7 Å². The number of thioether (sulfide) groups is 1. The van der Waals surface area contributed by atoms with Crippen LogP contribution in [0.4, 0.5) is 0 Å². The summed E-state index contributed by atoms with van der Waals surface area (Å²) >= 11 is 12.2. The summed E-state index contributed by atoms with van der Waals surface area (Å²) in [5.41, 5.74) is 0.974. The van der Waals surface area contributed by atoms with E-state index in [9.17, 15) is 4.21 Å². The van der Waals surface area contributed by atoms with Crippen LogP contribution in [-0.2, 0) is 10.8 Å². The fourth-order valence-electron chi connectivity index (χ4n) is 1.61. The molecule has 2 aromatic rings. The fraction of sp³-hybridized carbons (Fsp3) is 0.200. The molecule has 0 aliphatic carbocycles. The molecule has 0 radical (unpaired) electrons. The first-order valence-corrected chi connectivity index (χ1v) is 9.70. The van der Waals surface area contributed by atoms with Crippen molar-refractivity contribution in [2.75, 3.05) is 12.5 Å². The number of hydrogen-bond acceptors (Lipinski definition) is 2. The highest BCUT2D eigenvalue weighted by Crippen LogP contribution is 2.43. The summed E-state index contributed by atoms with van der Waals surface area (Å²) in [5.74, 6) is 0. The van der Waals surface area contributed by atoms with Crippen molar-refractivity contribution in [3.05, 3.63) is 19.5 Å². The maximum Gasteiger partial charge on any atom is 0.118 e. The molecule has 0 fully saturated rings. The van der Waals surface area contributed by atoms with Crippen molar-refractivity contribution in [2.24, 2.45) is 0 Å². The second kappa shape index (κ2) is 5.36. The maximum atomic E-state index is 11.7. The van der Waals surface area contributed by atoms with Gasteiger partial charge in [0.2, 0.25) is 0 Å². The van der Waals surface area contributed by atoms with Gasteiger partial charge in [0.25, 0.3) is 0 Å². The van der Waals surface area contributed by atoms with E-state index < -0.39 is 10.8 Å². The molecule has 0 unspecified atom stereocenters. The van der Waals surface area contributed by atoms with Gasteiger partial charge >= 0.3 is 0 Å². The van der Waals surface area contributed by atoms with Crippen molar-refractivity contribution >= 4 is 81.3 Å². The number of aromatic nitrogens is 1. The van der Waals surface area contributed by atoms with Crippen LogP contribution in [0.5, 0.6) is 0 Å². The Labute approximate surface area is 131 Å². The predicted octanol–water partition coefficient (Wildman–Crippen LogP) is 4.91. The van der Waals surface area contributed by atoms with Crippen LogP contribution >= 0.6 is 59.6 Å². The molecule has 92 valence electrons. The number of halogens is 3. The molecular formula is C10H8Br3NOS2. The smallest absolute Gasteiger partial charge is 0.118 e. The molecule has 0 saturated heterocycles. The molecule has 17 heavy (non-hydrogen) atoms. The summed E-state index contributed by atoms with van der Waals surface area (Å²) in [4.78, 5) is 4.25. The average Bonchev–Trinajstić information content (AvgIpc) is 2.64. The molecule has 2 rings (SSSR count). The zero-order chi connectivity index (χ0) is 12.7. The molecular weight excluding hydrogens is 454 g/mol. The molecule has 7 heteroatoms. The van der Waals surface area contributed by atoms with Gasteiger partial charge in [0, 0.05) is 30.6 Å². The van der Waals surface area contributed by atoms with Gasteiger partial charge in [-0.25, -0.2) is 0 Å². The Morgan fingerprint density at radius 1 is 1.29 bits per heavy atom. The average molecular weight is 462 g/mol. The lowest BCUT2D eigenvalue weighted by atomic mass is 10.2. The second-order valence-corrected chi connectivity index (χ2v) is 7.92. The number of H-pyrrole nitrogens is 1. The maximum absolute atomic E-state index is 11.7. The van der Waals surface area contributed by atoms with Crippen molar-refractivity contribution in [3.8, 4) is 0 Å². The van der Waals surface area contributed by atoms with Gasteiger partial charge in [-0.1, -0.05) is 0 Å². The molecule has 0 amide bonds. The van der Waals surface area contributed by atoms with Gasteiger partial charge < -0.3 is 4.98 Å². The van der Waals surface area contributed by atoms with Crippen LogP contribution < -0.4 is 0 Å². The van der Waals surface area contributed by atoms with Crippen molar-refractivity contribution < 1.29 is 4.21 Å². The summed E-state index contributed by atoms with van der Waals surface area (Å²) in [5, 5.41) is 1.84. The normalized spacial score (nSPS) is 13.2. The Balaban J connectivity index is 2.93. The molecule has 0 aliphatic heterocycles. The van der Waals surface area contributed by atoms with E-state index in [1.807, 2.05) is 12.3 Å². The SMILES string of the molecule is CSc1c([S@@](C)=O)[nH]c2cc(Br)c(Br)c(Br)c12. The van der Waals surface area contributed by atoms with E-state index in [2.05, 4.69) is 52.8 Å². The Morgan fingerprint density at radius 2 is 1.94 bits per heavy atom. The van der Waals surface area contributed by atoms with Crippen LogP contribution in [0.3, 0.4) is 0 Å². The quantitative estimate of drug-likeness (QED) is 0.509. The van der Waals surface area contributed by atoms with E-state index in [-0.39, 0.29) is 0 Å². The van der Waals surface area contributed by atoms with Crippen LogP contribution in [0.25, 0.3) is 10.9 Å². The molecule has 1 aromatic carbocycles. The molecule has 0 bridgehead atoms. The predicted molar refractivity (Wildman–Crippen MR) is 85.5 cm³/mol. The van der Waals surface area contributed by atoms with Gasteiger partial charge in [0.1, 0.15) is 5.03 Å². The Bertz CT molecular complexity index is 624. The first kappa shape index (κ1) is 14.1. The Kier molecular flexibility index (Phi) is 4.45. The van der Waals surface area contributed by atoms with E-state index in [1.165, 1.54) is 0 Å². The summed E-state index contributed by atoms with van der Waals surface area (Å²) in [7, 11) is -1.02. The highest BCUT2D eigenvalue weighted by molar-refractivity contribution is 9.14. The molecule has 1 N–H and O–H groups in total. The lowest BCUT2D eigenvalue weighted by Crippen LogP contribution is -1.88. The molecule has 0 aliphatic rings. The van der Waals surface area contributed by atoms with Crippen molar-refractivity contribution in [2.45, 2.75) is 9.92 Å². The van der Waals surface area contributed by atoms with Gasteiger partial charge in [-0.3, -0.25) is 4.21 Å². The van der Waals surface area contributed by atoms with Crippen LogP contribution in [0.15, 0.2) is 29.4 Å². The molecule has 1 aromatic heterocycles. The first-order valence-electron chi connectivity index (χ1n) is 4.54. The third-order valence-electron chi connectivity index (χ3n) is 2.34. The molecule has 1 atom stereocenters. The minimum absolute atomic E-state index is 0.776. The zero-order valence-electron chi connectivity index (χ0n) is 8.94. The Morgan fingerprint density at radius 3 is 2.47 bits per heavy atom. The van der Waals surface area contributed by atoms with Crippen LogP contribution in [0, 0.1) is 0 Å². The van der Waals surface area contributed by atoms with Crippen molar-refractivity contribution in [3.63, 3.8) is 0 Å². The third kappa shape index (κ3) is 2.41. The molecule has 0 spiro atoms. The van der Waals surface area contributed by atoms with Gasteiger partial charge in [-0.15, -0.1) is 11.8 Å². The van der Waals surface area contributed by atoms with Crippen molar-refractivity contribution in [1.82, 2.24) is 4.98 Å². The monoisotopic (exact) mass is 459 g/mol. The van der Waals surface area contributed by atoms with Gasteiger partial charge in [0.05, 0.1) is 15.7 Å². The second-order valence-electron chi connectivity index (χ2n) is 3.35. The number of hydrogen-bond donors (Lipinski definition) is 1. The van der Waals surface area contributed by atoms with Crippen LogP contribution in [0.2, 0.25) is 0 Å². The number of rotatable bonds is 2. The van der Waals surface area contributed by atoms with Crippen LogP contribution in [0.1, 0.15) is 0 Å². The Hall–Kier alpha value is 0.700. The molecule has 0 saturated carbocycles. The summed E-state index contributed by atoms with van der Waals surface area (Å²) < 4.78 is 14.6. The lowest BCUT2D eigenvalue weighted by Gasteiger charge is -2.03. The largest absolute Gasteiger partial charge is 0.347 e. The number of benzene rings is 1. The number of nitrogens with one attached hydrogen (secondary N) is 1. The van der Waals surface area contributed by atoms with Gasteiger partial charge in [0.15, 0.2) is 0 Å². The topological polar surface area (TPSA) is 32.9 Å². The van der Waals surface area contributed by atoms with E-state index in [0.717, 1.165) is 34.2 Å². The molecule has 2 nitrogen and oxygen atoms in total. The van der Waals surface area contributed by atoms with E-state index in [1.54, 1.807) is 18.0 Å². The zero-order valence-corrected chi connectivity index (χ0v) is 15.3. The highest BCUT2D eigenvalue weighted by atomic mass is 79.9. The highest BCUT2D eigenvalue weighted by Gasteiger charge is 2.18. The molecule has 1 heterocycles. The van der Waals surface area contributed by atoms with Gasteiger partial charge in [-0.2, -0.15) is 0 Å². The van der Waals surface area contributed by atoms with Crippen molar-refractivity contribution in [1.29, 1.82) is 0 Å². The summed E-state index contributed by atoms with van der Waals surface area (Å²) in [6.45, 7) is 0. The summed E-state index contributed by atoms with van der Waals surface area (Å²) in [6.07, 6.45) is 3.67. The number of aromatic amines is 1. The fourth-order valence-corrected chi connectivity index (χ4v) is 5.24. The summed E-state index contributed by atoms with van der Waals surface area (Å²) in [6, 6.07) is 1.99.